The van der Waals surface area contributed by atoms with Crippen LogP contribution in [0.15, 0.2) is 65.7 Å². The Morgan fingerprint density at radius 3 is 2.21 bits per heavy atom. The van der Waals surface area contributed by atoms with Crippen molar-refractivity contribution in [2.45, 2.75) is 112 Å². The van der Waals surface area contributed by atoms with Crippen molar-refractivity contribution in [3.63, 3.8) is 0 Å². The second-order valence-corrected chi connectivity index (χ2v) is 18.3. The van der Waals surface area contributed by atoms with Crippen LogP contribution in [0, 0.1) is 37.5 Å². The van der Waals surface area contributed by atoms with Gasteiger partial charge in [-0.05, 0) is 63.8 Å². The molecule has 0 saturated carbocycles. The number of esters is 2. The first-order chi connectivity index (χ1) is 31.1. The van der Waals surface area contributed by atoms with E-state index in [1.807, 2.05) is 0 Å². The van der Waals surface area contributed by atoms with E-state index in [0.717, 1.165) is 6.42 Å². The standard InChI is InChI=1S/C50H59ClN2O13/c1-24-17-18-32(23-33(24)51)49(61)65-45-30(7)46-37-35-36(45)42(57)38(39(43(35)58)53-20-12-11-13-21-53)52-48(60)26(3)16-14-15-25(2)40(55)28(5)41(56)29(6)44(64-31(8)54)27(4)34(62-10)19-22-63-50(9,66-46)47(37)59/h14-19,22-23,25,27-29,34,40-41,44,55-56H,11-13,20-21H2,1-10H3,(H,52,60)/b15-14+,22-19+,26-16-/t25-,27+,28+,29-,34-,40-,41-,44+,50-/m0/s1. The molecule has 354 valence electrons. The molecular weight excluding hydrogens is 872 g/mol. The number of rotatable bonds is 5. The second-order valence-electron chi connectivity index (χ2n) is 17.9. The summed E-state index contributed by atoms with van der Waals surface area (Å²) in [4.78, 5) is 87.5. The summed E-state index contributed by atoms with van der Waals surface area (Å²) in [7, 11) is 1.42. The molecule has 9 atom stereocenters. The minimum absolute atomic E-state index is 0.0191. The van der Waals surface area contributed by atoms with Crippen LogP contribution >= 0.6 is 11.6 Å². The summed E-state index contributed by atoms with van der Waals surface area (Å²) < 4.78 is 30.0. The van der Waals surface area contributed by atoms with Crippen LogP contribution in [0.2, 0.25) is 5.02 Å². The molecule has 5 aliphatic rings. The molecule has 66 heavy (non-hydrogen) atoms. The van der Waals surface area contributed by atoms with Gasteiger partial charge in [-0.1, -0.05) is 63.6 Å². The van der Waals surface area contributed by atoms with Gasteiger partial charge in [-0.3, -0.25) is 24.0 Å². The highest BCUT2D eigenvalue weighted by atomic mass is 35.5. The van der Waals surface area contributed by atoms with E-state index < -0.39 is 94.6 Å². The summed E-state index contributed by atoms with van der Waals surface area (Å²) in [5, 5.41) is 26.0. The van der Waals surface area contributed by atoms with E-state index in [9.17, 15) is 29.4 Å². The molecule has 0 aromatic heterocycles. The van der Waals surface area contributed by atoms with E-state index in [4.69, 9.17) is 35.3 Å². The number of allylic oxidation sites excluding steroid dienone is 4. The Morgan fingerprint density at radius 2 is 1.58 bits per heavy atom. The monoisotopic (exact) mass is 930 g/mol. The maximum absolute atomic E-state index is 15.3. The Hall–Kier alpha value is -5.61. The van der Waals surface area contributed by atoms with Gasteiger partial charge >= 0.3 is 17.7 Å². The summed E-state index contributed by atoms with van der Waals surface area (Å²) in [6, 6.07) is 4.51. The van der Waals surface area contributed by atoms with Crippen LogP contribution in [0.25, 0.3) is 0 Å². The highest BCUT2D eigenvalue weighted by molar-refractivity contribution is 6.33. The van der Waals surface area contributed by atoms with Crippen molar-refractivity contribution in [2.75, 3.05) is 20.2 Å². The van der Waals surface area contributed by atoms with E-state index in [1.54, 1.807) is 57.7 Å². The lowest BCUT2D eigenvalue weighted by molar-refractivity contribution is -0.160. The predicted octanol–water partition coefficient (Wildman–Crippen LogP) is 6.92. The molecule has 1 fully saturated rings. The van der Waals surface area contributed by atoms with Crippen molar-refractivity contribution in [3.05, 3.63) is 104 Å². The molecule has 15 nitrogen and oxygen atoms in total. The number of methoxy groups -OCH3 is 1. The minimum atomic E-state index is -2.15. The number of Topliss-reactive ketones (excluding diaryl/α,β-unsaturated/α-hetero) is 3. The van der Waals surface area contributed by atoms with Gasteiger partial charge in [-0.15, -0.1) is 0 Å². The average Bonchev–Trinajstić information content (AvgIpc) is 3.55. The van der Waals surface area contributed by atoms with E-state index in [1.165, 1.54) is 65.4 Å². The molecule has 1 saturated heterocycles. The van der Waals surface area contributed by atoms with Gasteiger partial charge in [0.25, 0.3) is 11.7 Å². The van der Waals surface area contributed by atoms with Crippen LogP contribution in [0.4, 0.5) is 0 Å². The number of nitrogens with one attached hydrogen (secondary N) is 1. The highest BCUT2D eigenvalue weighted by Crippen LogP contribution is 2.50. The number of hydrogen-bond donors (Lipinski definition) is 3. The number of carbonyl (C=O) groups excluding carboxylic acids is 6. The lowest BCUT2D eigenvalue weighted by atomic mass is 9.78. The molecule has 1 amide bonds. The van der Waals surface area contributed by atoms with E-state index >= 15 is 9.59 Å². The molecule has 0 spiro atoms. The molecular formula is C50H59ClN2O13. The minimum Gasteiger partial charge on any atom is -0.462 e. The molecule has 5 bridgehead atoms. The van der Waals surface area contributed by atoms with Gasteiger partial charge in [0.15, 0.2) is 0 Å². The van der Waals surface area contributed by atoms with Gasteiger partial charge in [0.2, 0.25) is 11.6 Å². The number of aliphatic hydroxyl groups is 2. The lowest BCUT2D eigenvalue weighted by Gasteiger charge is -2.38. The number of amides is 1. The largest absolute Gasteiger partial charge is 0.462 e. The zero-order chi connectivity index (χ0) is 48.5. The van der Waals surface area contributed by atoms with Crippen LogP contribution in [-0.2, 0) is 23.8 Å². The fraction of sp³-hybridized carbons (Fsp3) is 0.480. The highest BCUT2D eigenvalue weighted by Gasteiger charge is 2.53. The summed E-state index contributed by atoms with van der Waals surface area (Å²) in [6.45, 7) is 14.9. The molecule has 4 heterocycles. The molecule has 16 heteroatoms. The van der Waals surface area contributed by atoms with E-state index in [0.29, 0.717) is 31.5 Å². The third-order valence-corrected chi connectivity index (χ3v) is 13.6. The van der Waals surface area contributed by atoms with Gasteiger partial charge in [0, 0.05) is 73.9 Å². The normalized spacial score (nSPS) is 30.4. The predicted molar refractivity (Wildman–Crippen MR) is 243 cm³/mol. The third-order valence-electron chi connectivity index (χ3n) is 13.2. The van der Waals surface area contributed by atoms with Crippen molar-refractivity contribution in [2.24, 2.45) is 23.7 Å². The fourth-order valence-corrected chi connectivity index (χ4v) is 9.26. The number of piperidine rings is 1. The Kier molecular flexibility index (Phi) is 15.2. The average molecular weight is 931 g/mol. The van der Waals surface area contributed by atoms with Crippen molar-refractivity contribution < 1.29 is 62.7 Å². The summed E-state index contributed by atoms with van der Waals surface area (Å²) in [6.07, 6.45) is 5.57. The number of carbonyl (C=O) groups is 6. The Balaban J connectivity index is 1.56. The van der Waals surface area contributed by atoms with Gasteiger partial charge < -0.3 is 44.1 Å². The van der Waals surface area contributed by atoms with Crippen LogP contribution in [-0.4, -0.2) is 101 Å². The van der Waals surface area contributed by atoms with Crippen LogP contribution in [0.1, 0.15) is 120 Å². The van der Waals surface area contributed by atoms with Crippen LogP contribution < -0.4 is 14.8 Å². The molecule has 3 N–H and O–H groups in total. The molecule has 2 aromatic carbocycles. The van der Waals surface area contributed by atoms with Gasteiger partial charge in [0.1, 0.15) is 29.0 Å². The first-order valence-corrected chi connectivity index (χ1v) is 22.6. The molecule has 0 radical (unpaired) electrons. The number of halogens is 1. The molecule has 7 rings (SSSR count). The summed E-state index contributed by atoms with van der Waals surface area (Å²) >= 11 is 6.38. The SMILES string of the molecule is CO[C@H]1/C=C/O[C@@]2(C)Oc3c(C)c(OC(=O)c4ccc(C)c(Cl)c4)c4c(c3C2=O)C(=O)C(N2CCCCC2)=C(NC(=O)/C(C)=C\C=C\[C@H](C)[C@H](O)[C@@H](C)[C@H](O)[C@H](C)[C@H](OC(C)=O)[C@@H]1C)C4=O. The van der Waals surface area contributed by atoms with E-state index in [2.05, 4.69) is 5.32 Å². The molecule has 0 unspecified atom stereocenters. The molecule has 2 aromatic rings. The molecule has 1 aliphatic carbocycles. The third kappa shape index (κ3) is 9.62. The number of ether oxygens (including phenoxy) is 5. The number of aryl methyl sites for hydroxylation is 1. The smallest absolute Gasteiger partial charge is 0.343 e. The van der Waals surface area contributed by atoms with Gasteiger partial charge in [-0.25, -0.2) is 4.79 Å². The molecule has 4 aliphatic heterocycles. The number of ketones is 3. The van der Waals surface area contributed by atoms with Gasteiger partial charge in [0.05, 0.1) is 46.8 Å². The van der Waals surface area contributed by atoms with Crippen LogP contribution in [0.3, 0.4) is 0 Å². The Bertz CT molecular complexity index is 2450. The number of benzene rings is 2. The number of nitrogens with zero attached hydrogens (tertiary/aromatic N) is 1. The Morgan fingerprint density at radius 1 is 0.894 bits per heavy atom. The van der Waals surface area contributed by atoms with E-state index in [-0.39, 0.29) is 55.7 Å². The van der Waals surface area contributed by atoms with Crippen molar-refractivity contribution in [3.8, 4) is 11.5 Å². The van der Waals surface area contributed by atoms with Crippen molar-refractivity contribution in [1.82, 2.24) is 10.2 Å². The van der Waals surface area contributed by atoms with Gasteiger partial charge in [-0.2, -0.15) is 0 Å². The van der Waals surface area contributed by atoms with Crippen LogP contribution in [0.5, 0.6) is 11.5 Å². The maximum atomic E-state index is 15.3. The number of aliphatic hydroxyl groups excluding tert-OH is 2. The Labute approximate surface area is 389 Å². The lowest BCUT2D eigenvalue weighted by Crippen LogP contribution is -2.46. The number of likely N-dealkylation sites (tertiary alicyclic amines) is 1. The maximum Gasteiger partial charge on any atom is 0.343 e. The second kappa shape index (κ2) is 20.1. The summed E-state index contributed by atoms with van der Waals surface area (Å²) in [5.41, 5.74) is -0.695. The summed E-state index contributed by atoms with van der Waals surface area (Å²) in [5.74, 6) is -10.0. The fourth-order valence-electron chi connectivity index (χ4n) is 9.08. The van der Waals surface area contributed by atoms with Crippen molar-refractivity contribution >= 4 is 46.8 Å². The quantitative estimate of drug-likeness (QED) is 0.206. The number of hydrogen-bond acceptors (Lipinski definition) is 14. The number of fused-ring (bicyclic) bond motifs is 14. The van der Waals surface area contributed by atoms with Crippen molar-refractivity contribution in [1.29, 1.82) is 0 Å². The first kappa shape index (κ1) is 49.8. The zero-order valence-electron chi connectivity index (χ0n) is 39.0. The zero-order valence-corrected chi connectivity index (χ0v) is 39.7. The topological polar surface area (TPSA) is 204 Å². The first-order valence-electron chi connectivity index (χ1n) is 22.2.